The lowest BCUT2D eigenvalue weighted by Crippen LogP contribution is -2.06. The number of oxazole rings is 1. The van der Waals surface area contributed by atoms with Crippen LogP contribution in [0.25, 0.3) is 22.6 Å². The zero-order valence-electron chi connectivity index (χ0n) is 27.7. The fourth-order valence-corrected chi connectivity index (χ4v) is 8.05. The summed E-state index contributed by atoms with van der Waals surface area (Å²) in [6.45, 7) is 0. The lowest BCUT2D eigenvalue weighted by molar-refractivity contribution is 0.418. The maximum absolute atomic E-state index is 9.16. The molecule has 5 aromatic rings. The molecule has 0 atom stereocenters. The molecular weight excluding hydrogens is 578 g/mol. The van der Waals surface area contributed by atoms with E-state index in [1.165, 1.54) is 113 Å². The molecule has 8 rings (SSSR count). The quantitative estimate of drug-likeness (QED) is 0.203. The molecule has 3 aliphatic rings. The van der Waals surface area contributed by atoms with Crippen LogP contribution in [0.15, 0.2) is 95.4 Å². The number of benzene rings is 4. The summed E-state index contributed by atoms with van der Waals surface area (Å²) in [5, 5.41) is 9.16. The molecule has 3 aliphatic carbocycles. The van der Waals surface area contributed by atoms with Crippen LogP contribution in [0.5, 0.6) is 17.2 Å². The molecule has 1 aromatic heterocycles. The number of ether oxygens (including phenoxy) is 1. The van der Waals surface area contributed by atoms with E-state index in [4.69, 9.17) is 19.2 Å². The molecule has 0 radical (unpaired) electrons. The fourth-order valence-electron chi connectivity index (χ4n) is 8.05. The van der Waals surface area contributed by atoms with Crippen molar-refractivity contribution in [3.8, 4) is 28.7 Å². The normalized spacial score (nSPS) is 18.0. The van der Waals surface area contributed by atoms with E-state index in [2.05, 4.69) is 48.5 Å². The molecular formula is C43H49NO3. The van der Waals surface area contributed by atoms with Crippen molar-refractivity contribution in [1.82, 2.24) is 4.98 Å². The van der Waals surface area contributed by atoms with Gasteiger partial charge in [0.25, 0.3) is 0 Å². The lowest BCUT2D eigenvalue weighted by Gasteiger charge is -2.24. The van der Waals surface area contributed by atoms with E-state index in [9.17, 15) is 0 Å². The first-order valence-corrected chi connectivity index (χ1v) is 18.3. The van der Waals surface area contributed by atoms with E-state index < -0.39 is 0 Å². The number of phenols is 1. The van der Waals surface area contributed by atoms with E-state index >= 15 is 0 Å². The molecule has 0 aliphatic heterocycles. The second-order valence-corrected chi connectivity index (χ2v) is 14.0. The maximum Gasteiger partial charge on any atom is 0.227 e. The van der Waals surface area contributed by atoms with Gasteiger partial charge in [0.1, 0.15) is 22.8 Å². The van der Waals surface area contributed by atoms with E-state index in [0.29, 0.717) is 23.5 Å². The molecule has 0 saturated heterocycles. The molecule has 47 heavy (non-hydrogen) atoms. The van der Waals surface area contributed by atoms with Gasteiger partial charge in [-0.1, -0.05) is 100 Å². The van der Waals surface area contributed by atoms with Crippen molar-refractivity contribution in [1.29, 1.82) is 0 Å². The van der Waals surface area contributed by atoms with Gasteiger partial charge in [0, 0.05) is 17.2 Å². The predicted molar refractivity (Wildman–Crippen MR) is 192 cm³/mol. The van der Waals surface area contributed by atoms with Crippen molar-refractivity contribution in [3.05, 3.63) is 108 Å². The number of nitrogens with zero attached hydrogens (tertiary/aromatic N) is 1. The Morgan fingerprint density at radius 3 is 1.68 bits per heavy atom. The molecule has 3 saturated carbocycles. The Kier molecular flexibility index (Phi) is 10.2. The minimum Gasteiger partial charge on any atom is -0.508 e. The Morgan fingerprint density at radius 2 is 1.11 bits per heavy atom. The van der Waals surface area contributed by atoms with Gasteiger partial charge >= 0.3 is 0 Å². The van der Waals surface area contributed by atoms with Gasteiger partial charge in [-0.2, -0.15) is 0 Å². The van der Waals surface area contributed by atoms with Crippen LogP contribution >= 0.6 is 0 Å². The molecule has 0 bridgehead atoms. The van der Waals surface area contributed by atoms with Crippen molar-refractivity contribution >= 4 is 11.1 Å². The molecule has 0 spiro atoms. The average molecular weight is 628 g/mol. The number of rotatable bonds is 6. The highest BCUT2D eigenvalue weighted by Crippen LogP contribution is 2.42. The zero-order valence-corrected chi connectivity index (χ0v) is 27.7. The molecule has 4 nitrogen and oxygen atoms in total. The Balaban J connectivity index is 0.000000226. The van der Waals surface area contributed by atoms with Crippen LogP contribution in [0, 0.1) is 0 Å². The average Bonchev–Trinajstić information content (AvgIpc) is 3.57. The third kappa shape index (κ3) is 7.92. The highest BCUT2D eigenvalue weighted by Gasteiger charge is 2.23. The topological polar surface area (TPSA) is 55.5 Å². The largest absolute Gasteiger partial charge is 0.508 e. The summed E-state index contributed by atoms with van der Waals surface area (Å²) in [6.07, 6.45) is 19.8. The number of fused-ring (bicyclic) bond motifs is 1. The minimum atomic E-state index is 0.375. The second-order valence-electron chi connectivity index (χ2n) is 14.0. The van der Waals surface area contributed by atoms with Crippen LogP contribution in [0.3, 0.4) is 0 Å². The van der Waals surface area contributed by atoms with Crippen molar-refractivity contribution in [2.24, 2.45) is 0 Å². The van der Waals surface area contributed by atoms with Crippen molar-refractivity contribution in [2.75, 3.05) is 0 Å². The minimum absolute atomic E-state index is 0.375. The third-order valence-corrected chi connectivity index (χ3v) is 10.7. The molecule has 4 heteroatoms. The van der Waals surface area contributed by atoms with Gasteiger partial charge in [-0.3, -0.25) is 0 Å². The molecule has 0 amide bonds. The second kappa shape index (κ2) is 15.2. The third-order valence-electron chi connectivity index (χ3n) is 10.7. The first-order chi connectivity index (χ1) is 23.2. The molecule has 0 unspecified atom stereocenters. The molecule has 4 aromatic carbocycles. The fraction of sp³-hybridized carbons (Fsp3) is 0.419. The first-order valence-electron chi connectivity index (χ1n) is 18.3. The number of hydrogen-bond acceptors (Lipinski definition) is 4. The van der Waals surface area contributed by atoms with Crippen LogP contribution < -0.4 is 4.74 Å². The van der Waals surface area contributed by atoms with Crippen LogP contribution in [-0.4, -0.2) is 10.1 Å². The van der Waals surface area contributed by atoms with E-state index in [1.807, 2.05) is 30.3 Å². The Hall–Kier alpha value is -4.05. The van der Waals surface area contributed by atoms with Crippen molar-refractivity contribution in [2.45, 2.75) is 114 Å². The first kappa shape index (κ1) is 31.5. The SMILES string of the molecule is Oc1ccc(C2CCCCC2)cc1.c1ccc(-c2nc3cc(C4CCCCC4)c(Oc4ccc(C5CCCCC5)cc4)cc3o2)cc1. The van der Waals surface area contributed by atoms with E-state index in [0.717, 1.165) is 34.1 Å². The van der Waals surface area contributed by atoms with Gasteiger partial charge in [-0.15, -0.1) is 0 Å². The van der Waals surface area contributed by atoms with Crippen LogP contribution in [-0.2, 0) is 0 Å². The van der Waals surface area contributed by atoms with Gasteiger partial charge in [-0.25, -0.2) is 4.98 Å². The predicted octanol–water partition coefficient (Wildman–Crippen LogP) is 12.8. The highest BCUT2D eigenvalue weighted by molar-refractivity contribution is 5.79. The van der Waals surface area contributed by atoms with Gasteiger partial charge in [0.15, 0.2) is 5.58 Å². The lowest BCUT2D eigenvalue weighted by atomic mass is 9.83. The number of hydrogen-bond donors (Lipinski definition) is 1. The van der Waals surface area contributed by atoms with E-state index in [-0.39, 0.29) is 0 Å². The van der Waals surface area contributed by atoms with Crippen molar-refractivity contribution in [3.63, 3.8) is 0 Å². The van der Waals surface area contributed by atoms with Crippen LogP contribution in [0.4, 0.5) is 0 Å². The smallest absolute Gasteiger partial charge is 0.227 e. The van der Waals surface area contributed by atoms with E-state index in [1.54, 1.807) is 12.1 Å². The summed E-state index contributed by atoms with van der Waals surface area (Å²) in [5.41, 5.74) is 6.83. The highest BCUT2D eigenvalue weighted by atomic mass is 16.5. The Bertz CT molecular complexity index is 1690. The van der Waals surface area contributed by atoms with Gasteiger partial charge < -0.3 is 14.3 Å². The van der Waals surface area contributed by atoms with Crippen molar-refractivity contribution < 1.29 is 14.3 Å². The molecule has 1 heterocycles. The molecule has 3 fully saturated rings. The van der Waals surface area contributed by atoms with Gasteiger partial charge in [-0.05, 0) is 110 Å². The zero-order chi connectivity index (χ0) is 31.8. The summed E-state index contributed by atoms with van der Waals surface area (Å²) in [4.78, 5) is 4.83. The Labute approximate surface area is 280 Å². The summed E-state index contributed by atoms with van der Waals surface area (Å²) >= 11 is 0. The summed E-state index contributed by atoms with van der Waals surface area (Å²) in [5.74, 6) is 4.83. The van der Waals surface area contributed by atoms with Crippen LogP contribution in [0.1, 0.15) is 131 Å². The maximum atomic E-state index is 9.16. The van der Waals surface area contributed by atoms with Crippen LogP contribution in [0.2, 0.25) is 0 Å². The molecule has 244 valence electrons. The summed E-state index contributed by atoms with van der Waals surface area (Å²) < 4.78 is 12.7. The van der Waals surface area contributed by atoms with Gasteiger partial charge in [0.2, 0.25) is 5.89 Å². The monoisotopic (exact) mass is 627 g/mol. The summed E-state index contributed by atoms with van der Waals surface area (Å²) in [7, 11) is 0. The summed E-state index contributed by atoms with van der Waals surface area (Å²) in [6, 6.07) is 31.0. The molecule has 1 N–H and O–H groups in total. The standard InChI is InChI=1S/C31H33NO2.C12H16O/c1-4-10-22(11-5-1)23-16-18-26(19-17-23)33-29-21-30-28(20-27(29)24-12-6-2-7-13-24)32-31(34-30)25-14-8-3-9-15-25;13-12-8-6-11(7-9-12)10-4-2-1-3-5-10/h3,8-9,14-22,24H,1-2,4-7,10-13H2;6-10,13H,1-5H2. The van der Waals surface area contributed by atoms with Gasteiger partial charge in [0.05, 0.1) is 0 Å². The number of phenolic OH excluding ortho intramolecular Hbond substituents is 1. The number of aromatic nitrogens is 1. The number of aromatic hydroxyl groups is 1. The Morgan fingerprint density at radius 1 is 0.574 bits per heavy atom.